The van der Waals surface area contributed by atoms with Crippen molar-refractivity contribution in [2.24, 2.45) is 0 Å². The Hall–Kier alpha value is -4.44. The highest BCUT2D eigenvalue weighted by molar-refractivity contribution is 7.21. The van der Waals surface area contributed by atoms with Gasteiger partial charge in [0.2, 0.25) is 5.91 Å². The Morgan fingerprint density at radius 3 is 2.45 bits per heavy atom. The van der Waals surface area contributed by atoms with Crippen LogP contribution in [0, 0.1) is 17.0 Å². The molecule has 1 unspecified atom stereocenters. The zero-order valence-corrected chi connectivity index (χ0v) is 24.0. The van der Waals surface area contributed by atoms with E-state index < -0.39 is 22.8 Å². The minimum absolute atomic E-state index is 0.130. The van der Waals surface area contributed by atoms with E-state index in [1.165, 1.54) is 29.2 Å². The van der Waals surface area contributed by atoms with Crippen molar-refractivity contribution in [1.29, 1.82) is 0 Å². The molecule has 42 heavy (non-hydrogen) atoms. The summed E-state index contributed by atoms with van der Waals surface area (Å²) in [4.78, 5) is 59.4. The van der Waals surface area contributed by atoms with Gasteiger partial charge in [-0.1, -0.05) is 37.8 Å². The second-order valence-corrected chi connectivity index (χ2v) is 12.0. The number of non-ortho nitro benzene ring substituents is 1. The van der Waals surface area contributed by atoms with E-state index >= 15 is 0 Å². The zero-order valence-electron chi connectivity index (χ0n) is 23.2. The molecule has 2 fully saturated rings. The fourth-order valence-electron chi connectivity index (χ4n) is 6.01. The van der Waals surface area contributed by atoms with Gasteiger partial charge in [0.1, 0.15) is 11.0 Å². The number of benzene rings is 3. The predicted octanol–water partition coefficient (Wildman–Crippen LogP) is 6.68. The molecule has 1 atom stereocenters. The maximum Gasteiger partial charge on any atom is 0.270 e. The number of aryl methyl sites for hydroxylation is 1. The van der Waals surface area contributed by atoms with Crippen LogP contribution in [-0.4, -0.2) is 44.6 Å². The first-order valence-corrected chi connectivity index (χ1v) is 15.0. The average Bonchev–Trinajstić information content (AvgIpc) is 3.40. The van der Waals surface area contributed by atoms with Gasteiger partial charge in [-0.15, -0.1) is 11.3 Å². The summed E-state index contributed by atoms with van der Waals surface area (Å²) < 4.78 is 1.09. The number of nitrogens with zero attached hydrogens (tertiary/aromatic N) is 4. The summed E-state index contributed by atoms with van der Waals surface area (Å²) in [7, 11) is 0. The maximum absolute atomic E-state index is 13.9. The Bertz CT molecular complexity index is 1690. The topological polar surface area (TPSA) is 114 Å². The molecular formula is C32H30N4O5S. The lowest BCUT2D eigenvalue weighted by atomic mass is 10.0. The largest absolute Gasteiger partial charge is 0.323 e. The van der Waals surface area contributed by atoms with Crippen molar-refractivity contribution in [2.75, 3.05) is 4.90 Å². The third-order valence-electron chi connectivity index (χ3n) is 8.13. The van der Waals surface area contributed by atoms with E-state index in [2.05, 4.69) is 6.07 Å². The normalized spacial score (nSPS) is 17.9. The molecule has 1 saturated carbocycles. The summed E-state index contributed by atoms with van der Waals surface area (Å²) in [5, 5.41) is 12.2. The van der Waals surface area contributed by atoms with Crippen LogP contribution in [0.3, 0.4) is 0 Å². The lowest BCUT2D eigenvalue weighted by Crippen LogP contribution is -2.50. The molecule has 2 heterocycles. The number of carbonyl (C=O) groups is 3. The fourth-order valence-corrected chi connectivity index (χ4v) is 7.08. The molecule has 9 nitrogen and oxygen atoms in total. The van der Waals surface area contributed by atoms with Gasteiger partial charge >= 0.3 is 0 Å². The number of amides is 3. The maximum atomic E-state index is 13.9. The molecule has 0 spiro atoms. The molecule has 1 aliphatic heterocycles. The van der Waals surface area contributed by atoms with E-state index in [1.807, 2.05) is 31.2 Å². The number of aromatic nitrogens is 1. The van der Waals surface area contributed by atoms with Crippen LogP contribution in [-0.2, 0) is 9.59 Å². The number of thiazole rings is 1. The van der Waals surface area contributed by atoms with E-state index in [-0.39, 0.29) is 29.6 Å². The Balaban J connectivity index is 1.29. The highest BCUT2D eigenvalue weighted by Gasteiger charge is 2.46. The first-order valence-electron chi connectivity index (χ1n) is 14.2. The van der Waals surface area contributed by atoms with E-state index in [0.29, 0.717) is 5.69 Å². The molecule has 1 saturated heterocycles. The van der Waals surface area contributed by atoms with Crippen LogP contribution in [0.1, 0.15) is 60.9 Å². The molecule has 4 aromatic rings. The minimum Gasteiger partial charge on any atom is -0.323 e. The van der Waals surface area contributed by atoms with E-state index in [0.717, 1.165) is 64.9 Å². The molecular weight excluding hydrogens is 552 g/mol. The Kier molecular flexibility index (Phi) is 7.55. The summed E-state index contributed by atoms with van der Waals surface area (Å²) >= 11 is 1.58. The SMILES string of the molecule is Cc1ccc2nc(-c3ccc(N4C(=O)CC(N(C(=O)c5cccc([N+](=O)[O-])c5)C5CCCCCC5)C4=O)cc3)sc2c1. The monoisotopic (exact) mass is 582 g/mol. The number of fused-ring (bicyclic) bond motifs is 1. The summed E-state index contributed by atoms with van der Waals surface area (Å²) in [6.45, 7) is 2.04. The van der Waals surface area contributed by atoms with Crippen molar-refractivity contribution in [3.63, 3.8) is 0 Å². The summed E-state index contributed by atoms with van der Waals surface area (Å²) in [6.07, 6.45) is 5.21. The number of imide groups is 1. The van der Waals surface area contributed by atoms with Crippen molar-refractivity contribution in [3.8, 4) is 10.6 Å². The molecule has 0 bridgehead atoms. The van der Waals surface area contributed by atoms with E-state index in [9.17, 15) is 24.5 Å². The third kappa shape index (κ3) is 5.30. The zero-order chi connectivity index (χ0) is 29.4. The Labute approximate surface area is 246 Å². The van der Waals surface area contributed by atoms with Crippen molar-refractivity contribution in [2.45, 2.75) is 64.0 Å². The number of hydrogen-bond acceptors (Lipinski definition) is 7. The number of nitro groups is 1. The van der Waals surface area contributed by atoms with Crippen LogP contribution in [0.4, 0.5) is 11.4 Å². The van der Waals surface area contributed by atoms with E-state index in [1.54, 1.807) is 28.4 Å². The van der Waals surface area contributed by atoms with Gasteiger partial charge in [-0.05, 0) is 67.8 Å². The third-order valence-corrected chi connectivity index (χ3v) is 9.20. The Morgan fingerprint density at radius 1 is 1.00 bits per heavy atom. The highest BCUT2D eigenvalue weighted by Crippen LogP contribution is 2.35. The molecule has 3 amide bonds. The van der Waals surface area contributed by atoms with Crippen molar-refractivity contribution in [1.82, 2.24) is 9.88 Å². The van der Waals surface area contributed by atoms with Gasteiger partial charge in [-0.3, -0.25) is 24.5 Å². The molecule has 1 aromatic heterocycles. The lowest BCUT2D eigenvalue weighted by molar-refractivity contribution is -0.384. The van der Waals surface area contributed by atoms with Gasteiger partial charge in [0.15, 0.2) is 0 Å². The average molecular weight is 583 g/mol. The standard InChI is InChI=1S/C32H30N4O5S/c1-20-11-16-26-28(17-20)42-30(33-26)21-12-14-24(15-13-21)35-29(37)19-27(32(35)39)34(23-8-4-2-3-5-9-23)31(38)22-7-6-10-25(18-22)36(40)41/h6-7,10-18,23,27H,2-5,8-9,19H2,1H3. The molecule has 3 aromatic carbocycles. The van der Waals surface area contributed by atoms with Crippen LogP contribution in [0.5, 0.6) is 0 Å². The summed E-state index contributed by atoms with van der Waals surface area (Å²) in [6, 6.07) is 17.7. The van der Waals surface area contributed by atoms with Crippen molar-refractivity contribution in [3.05, 3.63) is 88.0 Å². The molecule has 0 N–H and O–H groups in total. The first-order chi connectivity index (χ1) is 20.3. The van der Waals surface area contributed by atoms with Gasteiger partial charge in [-0.25, -0.2) is 9.88 Å². The Morgan fingerprint density at radius 2 is 1.74 bits per heavy atom. The van der Waals surface area contributed by atoms with E-state index in [4.69, 9.17) is 4.98 Å². The number of carbonyl (C=O) groups excluding carboxylic acids is 3. The molecule has 6 rings (SSSR count). The molecule has 10 heteroatoms. The number of rotatable bonds is 6. The van der Waals surface area contributed by atoms with Crippen LogP contribution >= 0.6 is 11.3 Å². The molecule has 0 radical (unpaired) electrons. The summed E-state index contributed by atoms with van der Waals surface area (Å²) in [5.74, 6) is -1.29. The smallest absolute Gasteiger partial charge is 0.270 e. The predicted molar refractivity (Wildman–Crippen MR) is 161 cm³/mol. The van der Waals surface area contributed by atoms with Gasteiger partial charge in [0.05, 0.1) is 27.2 Å². The number of hydrogen-bond donors (Lipinski definition) is 0. The molecule has 1 aliphatic carbocycles. The van der Waals surface area contributed by atoms with Crippen LogP contribution in [0.15, 0.2) is 66.7 Å². The molecule has 214 valence electrons. The highest BCUT2D eigenvalue weighted by atomic mass is 32.1. The van der Waals surface area contributed by atoms with Crippen LogP contribution in [0.25, 0.3) is 20.8 Å². The van der Waals surface area contributed by atoms with Gasteiger partial charge in [-0.2, -0.15) is 0 Å². The summed E-state index contributed by atoms with van der Waals surface area (Å²) in [5.41, 5.74) is 3.36. The van der Waals surface area contributed by atoms with Crippen molar-refractivity contribution >= 4 is 50.6 Å². The fraction of sp³-hybridized carbons (Fsp3) is 0.312. The lowest BCUT2D eigenvalue weighted by Gasteiger charge is -2.35. The molecule has 2 aliphatic rings. The second kappa shape index (κ2) is 11.4. The second-order valence-electron chi connectivity index (χ2n) is 11.0. The minimum atomic E-state index is -0.973. The number of nitro benzene ring substituents is 1. The quantitative estimate of drug-likeness (QED) is 0.108. The van der Waals surface area contributed by atoms with Gasteiger partial charge in [0, 0.05) is 29.3 Å². The van der Waals surface area contributed by atoms with Gasteiger partial charge < -0.3 is 4.90 Å². The van der Waals surface area contributed by atoms with Crippen LogP contribution in [0.2, 0.25) is 0 Å². The van der Waals surface area contributed by atoms with Crippen molar-refractivity contribution < 1.29 is 19.3 Å². The van der Waals surface area contributed by atoms with Crippen LogP contribution < -0.4 is 4.90 Å². The number of anilines is 1. The van der Waals surface area contributed by atoms with Gasteiger partial charge in [0.25, 0.3) is 17.5 Å². The first kappa shape index (κ1) is 27.7.